The van der Waals surface area contributed by atoms with Gasteiger partial charge in [0.2, 0.25) is 5.28 Å². The minimum atomic E-state index is -3.75. The van der Waals surface area contributed by atoms with E-state index in [-0.39, 0.29) is 10.3 Å². The smallest absolute Gasteiger partial charge is 0.258 e. The van der Waals surface area contributed by atoms with Gasteiger partial charge in [-0.1, -0.05) is 6.42 Å². The molecule has 1 saturated carbocycles. The number of sulfonamides is 1. The predicted octanol–water partition coefficient (Wildman–Crippen LogP) is 1.28. The molecule has 0 saturated heterocycles. The van der Waals surface area contributed by atoms with Crippen LogP contribution in [-0.2, 0) is 26.5 Å². The van der Waals surface area contributed by atoms with Gasteiger partial charge in [0, 0.05) is 27.7 Å². The Kier molecular flexibility index (Phi) is 4.94. The number of hydrogen-bond acceptors (Lipinski definition) is 5. The number of hydrogen-bond donors (Lipinski definition) is 1. The number of halogens is 1. The first-order valence-corrected chi connectivity index (χ1v) is 8.52. The van der Waals surface area contributed by atoms with Crippen molar-refractivity contribution in [3.05, 3.63) is 11.5 Å². The number of aromatic nitrogens is 2. The van der Waals surface area contributed by atoms with Crippen molar-refractivity contribution in [3.63, 3.8) is 0 Å². The van der Waals surface area contributed by atoms with Gasteiger partial charge in [0.25, 0.3) is 10.0 Å². The molecular formula is C12H20ClN3O4S. The van der Waals surface area contributed by atoms with Gasteiger partial charge in [-0.05, 0) is 24.4 Å². The van der Waals surface area contributed by atoms with E-state index in [2.05, 4.69) is 9.71 Å². The third-order valence-corrected chi connectivity index (χ3v) is 5.83. The van der Waals surface area contributed by atoms with E-state index < -0.39 is 21.9 Å². The lowest BCUT2D eigenvalue weighted by molar-refractivity contribution is -0.235. The Balaban J connectivity index is 2.28. The van der Waals surface area contributed by atoms with Crippen molar-refractivity contribution in [1.82, 2.24) is 14.3 Å². The molecule has 0 radical (unpaired) electrons. The second-order valence-electron chi connectivity index (χ2n) is 5.06. The molecule has 1 aliphatic rings. The molecular weight excluding hydrogens is 318 g/mol. The summed E-state index contributed by atoms with van der Waals surface area (Å²) in [5, 5.41) is 0.128. The normalized spacial score (nSPS) is 22.4. The average molecular weight is 338 g/mol. The first-order chi connectivity index (χ1) is 9.86. The topological polar surface area (TPSA) is 82.4 Å². The summed E-state index contributed by atoms with van der Waals surface area (Å²) in [5.74, 6) is -0.937. The molecule has 1 aliphatic carbocycles. The quantitative estimate of drug-likeness (QED) is 0.818. The number of nitrogens with one attached hydrogen (secondary N) is 1. The van der Waals surface area contributed by atoms with E-state index in [1.807, 2.05) is 0 Å². The fourth-order valence-corrected chi connectivity index (χ4v) is 4.33. The summed E-state index contributed by atoms with van der Waals surface area (Å²) in [5.41, 5.74) is 0. The van der Waals surface area contributed by atoms with Gasteiger partial charge >= 0.3 is 0 Å². The van der Waals surface area contributed by atoms with Crippen molar-refractivity contribution in [2.75, 3.05) is 14.2 Å². The van der Waals surface area contributed by atoms with Crippen molar-refractivity contribution in [2.24, 2.45) is 7.05 Å². The highest BCUT2D eigenvalue weighted by Crippen LogP contribution is 2.33. The standard InChI is InChI=1S/C12H20ClN3O4S/c1-16-10(8-14-11(16)13)21(17,18)15-9-6-4-5-7-12(9,19-2)20-3/h8-9,15H,4-7H2,1-3H3. The van der Waals surface area contributed by atoms with Crippen LogP contribution in [0.3, 0.4) is 0 Å². The van der Waals surface area contributed by atoms with Crippen molar-refractivity contribution in [3.8, 4) is 0 Å². The summed E-state index contributed by atoms with van der Waals surface area (Å²) in [6.07, 6.45) is 4.35. The van der Waals surface area contributed by atoms with Crippen molar-refractivity contribution >= 4 is 21.6 Å². The van der Waals surface area contributed by atoms with Crippen LogP contribution < -0.4 is 4.72 Å². The highest BCUT2D eigenvalue weighted by atomic mass is 35.5. The van der Waals surface area contributed by atoms with Gasteiger partial charge in [0.1, 0.15) is 0 Å². The molecule has 0 aliphatic heterocycles. The van der Waals surface area contributed by atoms with Crippen LogP contribution in [0, 0.1) is 0 Å². The molecule has 7 nitrogen and oxygen atoms in total. The SMILES string of the molecule is COC1(OC)CCCCC1NS(=O)(=O)c1cnc(Cl)n1C. The number of ether oxygens (including phenoxy) is 2. The molecule has 0 aromatic carbocycles. The molecule has 1 N–H and O–H groups in total. The molecule has 0 bridgehead atoms. The Labute approximate surface area is 129 Å². The first-order valence-electron chi connectivity index (χ1n) is 6.66. The minimum absolute atomic E-state index is 0.0131. The maximum Gasteiger partial charge on any atom is 0.258 e. The molecule has 2 rings (SSSR count). The number of imidazole rings is 1. The third kappa shape index (κ3) is 3.09. The largest absolute Gasteiger partial charge is 0.352 e. The average Bonchev–Trinajstić information content (AvgIpc) is 2.80. The summed E-state index contributed by atoms with van der Waals surface area (Å²) in [7, 11) is 0.841. The van der Waals surface area contributed by atoms with E-state index in [9.17, 15) is 8.42 Å². The highest BCUT2D eigenvalue weighted by Gasteiger charge is 2.44. The Morgan fingerprint density at radius 1 is 1.43 bits per heavy atom. The zero-order valence-corrected chi connectivity index (χ0v) is 13.9. The van der Waals surface area contributed by atoms with Crippen LogP contribution >= 0.6 is 11.6 Å². The van der Waals surface area contributed by atoms with E-state index in [1.165, 1.54) is 25.0 Å². The Morgan fingerprint density at radius 2 is 2.10 bits per heavy atom. The third-order valence-electron chi connectivity index (χ3n) is 3.95. The fourth-order valence-electron chi connectivity index (χ4n) is 2.70. The lowest BCUT2D eigenvalue weighted by Crippen LogP contribution is -2.56. The van der Waals surface area contributed by atoms with Gasteiger partial charge in [0.15, 0.2) is 10.8 Å². The predicted molar refractivity (Wildman–Crippen MR) is 77.5 cm³/mol. The Morgan fingerprint density at radius 3 is 2.62 bits per heavy atom. The summed E-state index contributed by atoms with van der Waals surface area (Å²) in [4.78, 5) is 3.80. The monoisotopic (exact) mass is 337 g/mol. The fraction of sp³-hybridized carbons (Fsp3) is 0.750. The van der Waals surface area contributed by atoms with Gasteiger partial charge in [-0.15, -0.1) is 0 Å². The maximum absolute atomic E-state index is 12.5. The van der Waals surface area contributed by atoms with Gasteiger partial charge in [-0.3, -0.25) is 0 Å². The van der Waals surface area contributed by atoms with Gasteiger partial charge in [-0.25, -0.2) is 18.1 Å². The number of nitrogens with zero attached hydrogens (tertiary/aromatic N) is 2. The van der Waals surface area contributed by atoms with Crippen LogP contribution in [-0.4, -0.2) is 44.0 Å². The first kappa shape index (κ1) is 16.7. The highest BCUT2D eigenvalue weighted by molar-refractivity contribution is 7.89. The lowest BCUT2D eigenvalue weighted by atomic mass is 9.89. The molecule has 1 aromatic heterocycles. The zero-order chi connectivity index (χ0) is 15.7. The number of rotatable bonds is 5. The molecule has 1 aromatic rings. The molecule has 1 heterocycles. The summed E-state index contributed by atoms with van der Waals surface area (Å²) in [6, 6.07) is -0.458. The summed E-state index contributed by atoms with van der Waals surface area (Å²) < 4.78 is 39.9. The van der Waals surface area contributed by atoms with Gasteiger partial charge in [-0.2, -0.15) is 0 Å². The Hall–Kier alpha value is -0.670. The molecule has 0 amide bonds. The van der Waals surface area contributed by atoms with Crippen molar-refractivity contribution in [1.29, 1.82) is 0 Å². The van der Waals surface area contributed by atoms with E-state index in [1.54, 1.807) is 7.05 Å². The van der Waals surface area contributed by atoms with E-state index in [0.717, 1.165) is 12.8 Å². The minimum Gasteiger partial charge on any atom is -0.352 e. The zero-order valence-electron chi connectivity index (χ0n) is 12.3. The molecule has 1 unspecified atom stereocenters. The second kappa shape index (κ2) is 6.21. The number of methoxy groups -OCH3 is 2. The molecule has 0 spiro atoms. The van der Waals surface area contributed by atoms with Crippen LogP contribution in [0.1, 0.15) is 25.7 Å². The molecule has 1 fully saturated rings. The van der Waals surface area contributed by atoms with E-state index in [0.29, 0.717) is 12.8 Å². The summed E-state index contributed by atoms with van der Waals surface area (Å²) in [6.45, 7) is 0. The Bertz CT molecular complexity index is 598. The molecule has 21 heavy (non-hydrogen) atoms. The van der Waals surface area contributed by atoms with Crippen LogP contribution in [0.15, 0.2) is 11.2 Å². The summed E-state index contributed by atoms with van der Waals surface area (Å²) >= 11 is 5.80. The van der Waals surface area contributed by atoms with Crippen LogP contribution in [0.2, 0.25) is 5.28 Å². The van der Waals surface area contributed by atoms with Crippen LogP contribution in [0.5, 0.6) is 0 Å². The molecule has 1 atom stereocenters. The molecule has 120 valence electrons. The second-order valence-corrected chi connectivity index (χ2v) is 7.06. The van der Waals surface area contributed by atoms with Gasteiger partial charge in [0.05, 0.1) is 12.2 Å². The van der Waals surface area contributed by atoms with Crippen LogP contribution in [0.4, 0.5) is 0 Å². The molecule has 9 heteroatoms. The van der Waals surface area contributed by atoms with E-state index in [4.69, 9.17) is 21.1 Å². The van der Waals surface area contributed by atoms with Crippen molar-refractivity contribution in [2.45, 2.75) is 42.5 Å². The lowest BCUT2D eigenvalue weighted by Gasteiger charge is -2.41. The van der Waals surface area contributed by atoms with Gasteiger partial charge < -0.3 is 14.0 Å². The van der Waals surface area contributed by atoms with E-state index >= 15 is 0 Å². The van der Waals surface area contributed by atoms with Crippen molar-refractivity contribution < 1.29 is 17.9 Å². The maximum atomic E-state index is 12.5. The van der Waals surface area contributed by atoms with Crippen LogP contribution in [0.25, 0.3) is 0 Å².